The molecule has 13 nitrogen and oxygen atoms in total. The number of hydrogen-bond donors (Lipinski definition) is 9. The maximum atomic E-state index is 10.8. The normalized spacial score (nSPS) is 11.7. The molecule has 3 aromatic carbocycles. The lowest BCUT2D eigenvalue weighted by Gasteiger charge is -2.26. The first-order valence-electron chi connectivity index (χ1n) is 14.1. The first kappa shape index (κ1) is 42.7. The molecule has 12 N–H and O–H groups in total. The zero-order valence-corrected chi connectivity index (χ0v) is 26.2. The van der Waals surface area contributed by atoms with Crippen molar-refractivity contribution in [2.75, 3.05) is 26.2 Å². The van der Waals surface area contributed by atoms with Gasteiger partial charge in [-0.15, -0.1) is 0 Å². The third kappa shape index (κ3) is 21.0. The largest absolute Gasteiger partial charge is 0.480 e. The van der Waals surface area contributed by atoms with Crippen LogP contribution in [0.5, 0.6) is 0 Å². The smallest absolute Gasteiger partial charge is 0.323 e. The molecule has 0 saturated carbocycles. The van der Waals surface area contributed by atoms with E-state index in [1.807, 2.05) is 30.3 Å². The molecule has 2 atom stereocenters. The van der Waals surface area contributed by atoms with E-state index in [0.717, 1.165) is 12.0 Å². The summed E-state index contributed by atoms with van der Waals surface area (Å²) in [6.45, 7) is 6.50. The zero-order valence-electron chi connectivity index (χ0n) is 26.2. The minimum atomic E-state index is -1.17. The number of benzene rings is 3. The first-order chi connectivity index (χ1) is 20.9. The number of carboxylic acid groups (broad SMARTS) is 4. The van der Waals surface area contributed by atoms with E-state index < -0.39 is 35.5 Å². The Hall–Kier alpha value is -4.40. The Kier molecular flexibility index (Phi) is 23.7. The van der Waals surface area contributed by atoms with Crippen molar-refractivity contribution < 1.29 is 39.6 Å². The monoisotopic (exact) mass is 631 g/mol. The standard InChI is InChI=1S/C10H8.C9H11NO2.C8H15NO4.C5H12N2O2.H3N/c1-2-6-10-8-4-3-7-9(10)5-1;11-9(12)7-10-6-8-4-2-1-3-5-8;1-4-8(3,7(12)13)9-5(2)6(10)11;6-2-1-3-7-4-5(8)9;/h1-8H;1-5,10H,6-7H2,(H,11,12);5,9H,4H2,1-3H3,(H,10,11)(H,12,13);7H,1-4,6H2,(H,8,9);1H3. The van der Waals surface area contributed by atoms with E-state index in [4.69, 9.17) is 26.2 Å². The minimum Gasteiger partial charge on any atom is -0.480 e. The van der Waals surface area contributed by atoms with E-state index in [0.29, 0.717) is 26.1 Å². The number of rotatable bonds is 14. The van der Waals surface area contributed by atoms with Crippen molar-refractivity contribution in [3.05, 3.63) is 84.4 Å². The molecule has 13 heteroatoms. The second-order valence-electron chi connectivity index (χ2n) is 9.74. The molecule has 45 heavy (non-hydrogen) atoms. The molecule has 0 aliphatic carbocycles. The van der Waals surface area contributed by atoms with Crippen molar-refractivity contribution in [1.29, 1.82) is 0 Å². The number of nitrogens with one attached hydrogen (secondary N) is 3. The van der Waals surface area contributed by atoms with Crippen LogP contribution in [0, 0.1) is 0 Å². The first-order valence-corrected chi connectivity index (χ1v) is 14.1. The molecule has 0 aromatic heterocycles. The van der Waals surface area contributed by atoms with Crippen LogP contribution in [0.2, 0.25) is 0 Å². The zero-order chi connectivity index (χ0) is 33.4. The molecule has 0 heterocycles. The third-order valence-corrected chi connectivity index (χ3v) is 6.03. The number of nitrogens with two attached hydrogens (primary N) is 1. The van der Waals surface area contributed by atoms with Gasteiger partial charge in [0.1, 0.15) is 11.6 Å². The van der Waals surface area contributed by atoms with Crippen molar-refractivity contribution in [2.45, 2.75) is 51.7 Å². The van der Waals surface area contributed by atoms with Gasteiger partial charge in [-0.1, -0.05) is 85.8 Å². The topological polar surface area (TPSA) is 246 Å². The molecular formula is C32H49N5O8. The van der Waals surface area contributed by atoms with Crippen molar-refractivity contribution in [3.8, 4) is 0 Å². The molecule has 0 fully saturated rings. The lowest BCUT2D eigenvalue weighted by atomic mass is 9.98. The molecular weight excluding hydrogens is 582 g/mol. The van der Waals surface area contributed by atoms with Gasteiger partial charge < -0.3 is 42.9 Å². The van der Waals surface area contributed by atoms with Gasteiger partial charge in [0, 0.05) is 6.54 Å². The summed E-state index contributed by atoms with van der Waals surface area (Å²) in [5, 5.41) is 44.5. The van der Waals surface area contributed by atoms with Gasteiger partial charge in [0.25, 0.3) is 0 Å². The van der Waals surface area contributed by atoms with Crippen LogP contribution < -0.4 is 27.8 Å². The number of aliphatic carboxylic acids is 4. The highest BCUT2D eigenvalue weighted by atomic mass is 16.4. The Morgan fingerprint density at radius 3 is 1.60 bits per heavy atom. The molecule has 0 aliphatic heterocycles. The van der Waals surface area contributed by atoms with Crippen LogP contribution in [-0.4, -0.2) is 82.1 Å². The highest BCUT2D eigenvalue weighted by molar-refractivity contribution is 5.82. The van der Waals surface area contributed by atoms with E-state index >= 15 is 0 Å². The molecule has 0 aliphatic rings. The molecule has 3 rings (SSSR count). The molecule has 0 spiro atoms. The Balaban J connectivity index is 0. The van der Waals surface area contributed by atoms with Gasteiger partial charge in [-0.3, -0.25) is 24.5 Å². The van der Waals surface area contributed by atoms with Gasteiger partial charge in [-0.05, 0) is 56.1 Å². The van der Waals surface area contributed by atoms with E-state index in [1.54, 1.807) is 6.92 Å². The Morgan fingerprint density at radius 1 is 0.778 bits per heavy atom. The van der Waals surface area contributed by atoms with E-state index in [2.05, 4.69) is 64.5 Å². The second-order valence-corrected chi connectivity index (χ2v) is 9.74. The summed E-state index contributed by atoms with van der Waals surface area (Å²) in [6.07, 6.45) is 1.16. The summed E-state index contributed by atoms with van der Waals surface area (Å²) in [5.41, 5.74) is 5.09. The van der Waals surface area contributed by atoms with E-state index in [-0.39, 0.29) is 19.2 Å². The van der Waals surface area contributed by atoms with Gasteiger partial charge in [-0.2, -0.15) is 0 Å². The average molecular weight is 632 g/mol. The number of carboxylic acids is 4. The Morgan fingerprint density at radius 2 is 1.22 bits per heavy atom. The van der Waals surface area contributed by atoms with Gasteiger partial charge in [0.05, 0.1) is 13.1 Å². The molecule has 2 unspecified atom stereocenters. The van der Waals surface area contributed by atoms with Gasteiger partial charge in [-0.25, -0.2) is 0 Å². The maximum Gasteiger partial charge on any atom is 0.323 e. The van der Waals surface area contributed by atoms with E-state index in [9.17, 15) is 19.2 Å². The van der Waals surface area contributed by atoms with Crippen molar-refractivity contribution in [3.63, 3.8) is 0 Å². The molecule has 250 valence electrons. The number of fused-ring (bicyclic) bond motifs is 1. The quantitative estimate of drug-likeness (QED) is 0.116. The molecule has 0 bridgehead atoms. The van der Waals surface area contributed by atoms with Crippen molar-refractivity contribution >= 4 is 34.6 Å². The summed E-state index contributed by atoms with van der Waals surface area (Å²) in [4.78, 5) is 41.2. The average Bonchev–Trinajstić information content (AvgIpc) is 3.00. The van der Waals surface area contributed by atoms with Crippen LogP contribution in [-0.2, 0) is 25.7 Å². The predicted molar refractivity (Wildman–Crippen MR) is 175 cm³/mol. The van der Waals surface area contributed by atoms with Crippen LogP contribution in [0.15, 0.2) is 78.9 Å². The maximum absolute atomic E-state index is 10.8. The van der Waals surface area contributed by atoms with Crippen LogP contribution >= 0.6 is 0 Å². The summed E-state index contributed by atoms with van der Waals surface area (Å²) >= 11 is 0. The lowest BCUT2D eigenvalue weighted by molar-refractivity contribution is -0.146. The van der Waals surface area contributed by atoms with Crippen molar-refractivity contribution in [1.82, 2.24) is 22.1 Å². The van der Waals surface area contributed by atoms with Crippen LogP contribution in [0.1, 0.15) is 39.2 Å². The number of hydrogen-bond acceptors (Lipinski definition) is 9. The molecule has 0 amide bonds. The summed E-state index contributed by atoms with van der Waals surface area (Å²) < 4.78 is 0. The lowest BCUT2D eigenvalue weighted by Crippen LogP contribution is -2.54. The van der Waals surface area contributed by atoms with E-state index in [1.165, 1.54) is 24.6 Å². The molecule has 0 saturated heterocycles. The molecule has 0 radical (unpaired) electrons. The predicted octanol–water partition coefficient (Wildman–Crippen LogP) is 3.17. The summed E-state index contributed by atoms with van der Waals surface area (Å²) in [7, 11) is 0. The third-order valence-electron chi connectivity index (χ3n) is 6.03. The number of carbonyl (C=O) groups is 4. The fourth-order valence-corrected chi connectivity index (χ4v) is 3.32. The van der Waals surface area contributed by atoms with Crippen LogP contribution in [0.3, 0.4) is 0 Å². The summed E-state index contributed by atoms with van der Waals surface area (Å²) in [5.74, 6) is -3.75. The van der Waals surface area contributed by atoms with Gasteiger partial charge in [0.15, 0.2) is 0 Å². The highest BCUT2D eigenvalue weighted by Crippen LogP contribution is 2.11. The minimum absolute atomic E-state index is 0. The summed E-state index contributed by atoms with van der Waals surface area (Å²) in [6, 6.07) is 25.5. The Labute approximate surface area is 264 Å². The Bertz CT molecular complexity index is 1200. The highest BCUT2D eigenvalue weighted by Gasteiger charge is 2.33. The van der Waals surface area contributed by atoms with Crippen LogP contribution in [0.25, 0.3) is 10.8 Å². The second kappa shape index (κ2) is 25.0. The van der Waals surface area contributed by atoms with Crippen LogP contribution in [0.4, 0.5) is 0 Å². The fourth-order valence-electron chi connectivity index (χ4n) is 3.32. The fraction of sp³-hybridized carbons (Fsp3) is 0.375. The van der Waals surface area contributed by atoms with Gasteiger partial charge in [0.2, 0.25) is 0 Å². The van der Waals surface area contributed by atoms with Gasteiger partial charge >= 0.3 is 23.9 Å². The van der Waals surface area contributed by atoms with Crippen molar-refractivity contribution in [2.24, 2.45) is 5.73 Å². The SMILES string of the molecule is CCC(C)(NC(C)C(=O)O)C(=O)O.N.NCCCNCC(=O)O.O=C(O)CNCc1ccccc1.c1ccc2ccccc2c1. The molecule has 3 aromatic rings.